The Morgan fingerprint density at radius 2 is 2.08 bits per heavy atom. The molecule has 0 rings (SSSR count). The summed E-state index contributed by atoms with van der Waals surface area (Å²) in [6.45, 7) is 10.2. The molecule has 0 fully saturated rings. The Bertz CT molecular complexity index is 204. The molecule has 0 radical (unpaired) electrons. The van der Waals surface area contributed by atoms with Crippen LogP contribution in [0.1, 0.15) is 19.3 Å². The maximum Gasteiger partial charge on any atom is 0.129 e. The van der Waals surface area contributed by atoms with Crippen LogP contribution in [0.4, 0.5) is 0 Å². The van der Waals surface area contributed by atoms with Gasteiger partial charge in [0.05, 0.1) is 0 Å². The zero-order chi connectivity index (χ0) is 10.3. The molecule has 0 aromatic rings. The average molecular weight is 196 g/mol. The lowest BCUT2D eigenvalue weighted by molar-refractivity contribution is 0.219. The van der Waals surface area contributed by atoms with Gasteiger partial charge in [-0.1, -0.05) is 31.6 Å². The molecule has 1 atom stereocenters. The quantitative estimate of drug-likeness (QED) is 0.317. The van der Waals surface area contributed by atoms with E-state index < -0.39 is 14.2 Å². The number of aliphatic hydroxyl groups excluding tert-OH is 1. The van der Waals surface area contributed by atoms with Crippen molar-refractivity contribution in [1.29, 1.82) is 0 Å². The van der Waals surface area contributed by atoms with Crippen molar-refractivity contribution in [3.8, 4) is 11.5 Å². The van der Waals surface area contributed by atoms with Crippen LogP contribution >= 0.6 is 0 Å². The minimum atomic E-state index is -1.31. The summed E-state index contributed by atoms with van der Waals surface area (Å²) in [4.78, 5) is 0. The Labute approximate surface area is 82.9 Å². The van der Waals surface area contributed by atoms with E-state index in [2.05, 4.69) is 37.7 Å². The van der Waals surface area contributed by atoms with Crippen molar-refractivity contribution in [2.24, 2.45) is 0 Å². The van der Waals surface area contributed by atoms with Gasteiger partial charge in [-0.05, 0) is 19.3 Å². The van der Waals surface area contributed by atoms with Gasteiger partial charge in [-0.15, -0.1) is 12.1 Å². The van der Waals surface area contributed by atoms with Crippen LogP contribution in [0.25, 0.3) is 0 Å². The maximum atomic E-state index is 9.45. The van der Waals surface area contributed by atoms with Crippen LogP contribution in [0.3, 0.4) is 0 Å². The molecule has 0 spiro atoms. The van der Waals surface area contributed by atoms with Crippen LogP contribution < -0.4 is 0 Å². The van der Waals surface area contributed by atoms with E-state index in [9.17, 15) is 5.11 Å². The van der Waals surface area contributed by atoms with E-state index >= 15 is 0 Å². The summed E-state index contributed by atoms with van der Waals surface area (Å²) in [5, 5.41) is 9.45. The third-order valence-corrected chi connectivity index (χ3v) is 2.39. The van der Waals surface area contributed by atoms with Crippen molar-refractivity contribution >= 4 is 8.07 Å². The van der Waals surface area contributed by atoms with Crippen LogP contribution in [-0.4, -0.2) is 19.3 Å². The van der Waals surface area contributed by atoms with Gasteiger partial charge in [0.2, 0.25) is 0 Å². The number of hydrogen-bond donors (Lipinski definition) is 1. The van der Waals surface area contributed by atoms with E-state index in [-0.39, 0.29) is 0 Å². The Balaban J connectivity index is 3.77. The fourth-order valence-corrected chi connectivity index (χ4v) is 1.43. The molecular formula is C11H20OSi. The molecule has 0 saturated carbocycles. The van der Waals surface area contributed by atoms with Crippen molar-refractivity contribution in [3.05, 3.63) is 12.7 Å². The highest BCUT2D eigenvalue weighted by molar-refractivity contribution is 6.83. The van der Waals surface area contributed by atoms with Gasteiger partial charge in [0, 0.05) is 0 Å². The first kappa shape index (κ1) is 12.5. The minimum absolute atomic E-state index is 0.438. The molecule has 13 heavy (non-hydrogen) atoms. The predicted octanol–water partition coefficient (Wildman–Crippen LogP) is 2.58. The van der Waals surface area contributed by atoms with Gasteiger partial charge >= 0.3 is 0 Å². The SMILES string of the molecule is C=CCCCC(O)C#C[Si](C)(C)C. The lowest BCUT2D eigenvalue weighted by atomic mass is 10.1. The Hall–Kier alpha value is -0.523. The molecule has 0 aromatic carbocycles. The summed E-state index contributed by atoms with van der Waals surface area (Å²) in [5.74, 6) is 2.91. The van der Waals surface area contributed by atoms with Gasteiger partial charge < -0.3 is 5.11 Å². The molecule has 1 unspecified atom stereocenters. The normalized spacial score (nSPS) is 12.9. The third kappa shape index (κ3) is 9.39. The molecular weight excluding hydrogens is 176 g/mol. The Morgan fingerprint density at radius 3 is 2.54 bits per heavy atom. The molecule has 0 aliphatic rings. The van der Waals surface area contributed by atoms with E-state index in [1.165, 1.54) is 0 Å². The Kier molecular flexibility index (Phi) is 5.77. The monoisotopic (exact) mass is 196 g/mol. The van der Waals surface area contributed by atoms with Gasteiger partial charge in [0.15, 0.2) is 0 Å². The fourth-order valence-electron chi connectivity index (χ4n) is 0.828. The van der Waals surface area contributed by atoms with Crippen molar-refractivity contribution in [2.75, 3.05) is 0 Å². The van der Waals surface area contributed by atoms with Gasteiger partial charge in [-0.25, -0.2) is 0 Å². The first-order valence-corrected chi connectivity index (χ1v) is 8.27. The first-order chi connectivity index (χ1) is 5.95. The van der Waals surface area contributed by atoms with Crippen LogP contribution in [0, 0.1) is 11.5 Å². The fraction of sp³-hybridized carbons (Fsp3) is 0.636. The summed E-state index contributed by atoms with van der Waals surface area (Å²) in [6.07, 6.45) is 4.14. The standard InChI is InChI=1S/C11H20OSi/c1-5-6-7-8-11(12)9-10-13(2,3)4/h5,11-12H,1,6-8H2,2-4H3. The first-order valence-electron chi connectivity index (χ1n) is 4.77. The summed E-state index contributed by atoms with van der Waals surface area (Å²) >= 11 is 0. The molecule has 0 aliphatic heterocycles. The van der Waals surface area contributed by atoms with Crippen molar-refractivity contribution in [2.45, 2.75) is 45.0 Å². The average Bonchev–Trinajstić information content (AvgIpc) is 2.00. The molecule has 0 aromatic heterocycles. The lowest BCUT2D eigenvalue weighted by Gasteiger charge is -2.06. The molecule has 0 bridgehead atoms. The largest absolute Gasteiger partial charge is 0.380 e. The van der Waals surface area contributed by atoms with E-state index in [0.717, 1.165) is 19.3 Å². The van der Waals surface area contributed by atoms with E-state index in [0.29, 0.717) is 0 Å². The zero-order valence-electron chi connectivity index (χ0n) is 8.93. The van der Waals surface area contributed by atoms with Gasteiger partial charge in [-0.2, -0.15) is 0 Å². The molecule has 0 amide bonds. The number of allylic oxidation sites excluding steroid dienone is 1. The molecule has 74 valence electrons. The lowest BCUT2D eigenvalue weighted by Crippen LogP contribution is -2.17. The molecule has 2 heteroatoms. The van der Waals surface area contributed by atoms with Crippen molar-refractivity contribution in [3.63, 3.8) is 0 Å². The molecule has 1 N–H and O–H groups in total. The van der Waals surface area contributed by atoms with Crippen LogP contribution in [0.2, 0.25) is 19.6 Å². The predicted molar refractivity (Wildman–Crippen MR) is 61.2 cm³/mol. The smallest absolute Gasteiger partial charge is 0.129 e. The number of hydrogen-bond acceptors (Lipinski definition) is 1. The number of aliphatic hydroxyl groups is 1. The van der Waals surface area contributed by atoms with Crippen LogP contribution in [0.5, 0.6) is 0 Å². The third-order valence-electron chi connectivity index (χ3n) is 1.50. The summed E-state index contributed by atoms with van der Waals surface area (Å²) < 4.78 is 0. The van der Waals surface area contributed by atoms with Gasteiger partial charge in [-0.3, -0.25) is 0 Å². The number of rotatable bonds is 4. The van der Waals surface area contributed by atoms with E-state index in [1.807, 2.05) is 6.08 Å². The van der Waals surface area contributed by atoms with E-state index in [1.54, 1.807) is 0 Å². The Morgan fingerprint density at radius 1 is 1.46 bits per heavy atom. The highest BCUT2D eigenvalue weighted by Crippen LogP contribution is 2.02. The summed E-state index contributed by atoms with van der Waals surface area (Å²) in [6, 6.07) is 0. The van der Waals surface area contributed by atoms with Gasteiger partial charge in [0.1, 0.15) is 14.2 Å². The topological polar surface area (TPSA) is 20.2 Å². The minimum Gasteiger partial charge on any atom is -0.380 e. The highest BCUT2D eigenvalue weighted by Gasteiger charge is 2.08. The summed E-state index contributed by atoms with van der Waals surface area (Å²) in [5.41, 5.74) is 3.16. The summed E-state index contributed by atoms with van der Waals surface area (Å²) in [7, 11) is -1.31. The van der Waals surface area contributed by atoms with Crippen molar-refractivity contribution in [1.82, 2.24) is 0 Å². The molecule has 0 saturated heterocycles. The second-order valence-electron chi connectivity index (χ2n) is 4.25. The van der Waals surface area contributed by atoms with Crippen molar-refractivity contribution < 1.29 is 5.11 Å². The van der Waals surface area contributed by atoms with Crippen LogP contribution in [-0.2, 0) is 0 Å². The highest BCUT2D eigenvalue weighted by atomic mass is 28.3. The molecule has 0 heterocycles. The van der Waals surface area contributed by atoms with Crippen LogP contribution in [0.15, 0.2) is 12.7 Å². The van der Waals surface area contributed by atoms with Gasteiger partial charge in [0.25, 0.3) is 0 Å². The number of unbranched alkanes of at least 4 members (excludes halogenated alkanes) is 1. The second kappa shape index (κ2) is 6.01. The molecule has 0 aliphatic carbocycles. The van der Waals surface area contributed by atoms with E-state index in [4.69, 9.17) is 0 Å². The molecule has 1 nitrogen and oxygen atoms in total. The zero-order valence-corrected chi connectivity index (χ0v) is 9.93. The maximum absolute atomic E-state index is 9.45. The second-order valence-corrected chi connectivity index (χ2v) is 9.00.